The van der Waals surface area contributed by atoms with Gasteiger partial charge in [-0.1, -0.05) is 44.2 Å². The first kappa shape index (κ1) is 49.1. The lowest BCUT2D eigenvalue weighted by atomic mass is 10.0. The molecule has 1 aromatic heterocycles. The van der Waals surface area contributed by atoms with Crippen molar-refractivity contribution in [2.24, 2.45) is 0 Å². The summed E-state index contributed by atoms with van der Waals surface area (Å²) in [6.45, 7) is 4.70. The van der Waals surface area contributed by atoms with Crippen LogP contribution in [-0.4, -0.2) is 113 Å². The van der Waals surface area contributed by atoms with Crippen LogP contribution in [0.3, 0.4) is 0 Å². The molecule has 5 aromatic rings. The number of Topliss-reactive ketones (excluding diaryl/α,β-unsaturated/α-hetero) is 1. The predicted octanol–water partition coefficient (Wildman–Crippen LogP) is 7.73. The van der Waals surface area contributed by atoms with Gasteiger partial charge in [-0.15, -0.1) is 0 Å². The molecule has 0 saturated carbocycles. The van der Waals surface area contributed by atoms with E-state index in [1.807, 2.05) is 42.5 Å². The molecule has 4 aliphatic heterocycles. The zero-order valence-electron chi connectivity index (χ0n) is 39.8. The molecule has 17 heteroatoms. The van der Waals surface area contributed by atoms with Gasteiger partial charge in [0.05, 0.1) is 28.8 Å². The number of aryl methyl sites for hydroxylation is 1. The average molecular weight is 971 g/mol. The number of nitrogens with zero attached hydrogens (tertiary/aromatic N) is 4. The maximum Gasteiger partial charge on any atom is 0.262 e. The van der Waals surface area contributed by atoms with E-state index in [4.69, 9.17) is 4.74 Å². The quantitative estimate of drug-likeness (QED) is 0.0442. The van der Waals surface area contributed by atoms with Gasteiger partial charge in [0.2, 0.25) is 11.8 Å². The summed E-state index contributed by atoms with van der Waals surface area (Å²) in [6, 6.07) is 19.3. The first-order valence-corrected chi connectivity index (χ1v) is 25.0. The molecule has 4 N–H and O–H groups in total. The van der Waals surface area contributed by atoms with Gasteiger partial charge in [-0.05, 0) is 116 Å². The highest BCUT2D eigenvalue weighted by molar-refractivity contribution is 6.23. The molecule has 0 spiro atoms. The highest BCUT2D eigenvalue weighted by Gasteiger charge is 2.44. The first-order chi connectivity index (χ1) is 34.4. The maximum absolute atomic E-state index is 14.0. The van der Waals surface area contributed by atoms with Crippen molar-refractivity contribution >= 4 is 63.4 Å². The molecule has 9 rings (SSSR count). The van der Waals surface area contributed by atoms with Gasteiger partial charge in [0.1, 0.15) is 23.5 Å². The Morgan fingerprint density at radius 1 is 0.732 bits per heavy atom. The second-order valence-electron chi connectivity index (χ2n) is 19.2. The van der Waals surface area contributed by atoms with Crippen LogP contribution in [0, 0.1) is 11.6 Å². The number of fused-ring (bicyclic) bond motifs is 2. The van der Waals surface area contributed by atoms with Crippen LogP contribution < -0.4 is 20.9 Å². The fraction of sp³-hybridized carbons (Fsp3) is 0.426. The Bertz CT molecular complexity index is 2800. The van der Waals surface area contributed by atoms with Crippen molar-refractivity contribution in [2.45, 2.75) is 102 Å². The Hall–Kier alpha value is -6.85. The number of piperidine rings is 1. The van der Waals surface area contributed by atoms with Crippen LogP contribution >= 0.6 is 0 Å². The summed E-state index contributed by atoms with van der Waals surface area (Å²) in [5, 5.41) is 16.9. The highest BCUT2D eigenvalue weighted by Crippen LogP contribution is 2.31. The van der Waals surface area contributed by atoms with E-state index in [2.05, 4.69) is 35.9 Å². The third-order valence-electron chi connectivity index (χ3n) is 14.1. The average Bonchev–Trinajstić information content (AvgIpc) is 3.86. The molecule has 3 fully saturated rings. The molecule has 1 atom stereocenters. The van der Waals surface area contributed by atoms with Crippen LogP contribution in [0.4, 0.5) is 26.0 Å². The topological polar surface area (TPSA) is 186 Å². The second kappa shape index (κ2) is 22.5. The van der Waals surface area contributed by atoms with Gasteiger partial charge in [0.25, 0.3) is 17.7 Å². The number of unbranched alkanes of at least 4 members (excludes halogenated alkanes) is 6. The van der Waals surface area contributed by atoms with Crippen LogP contribution in [0.25, 0.3) is 10.9 Å². The lowest BCUT2D eigenvalue weighted by Gasteiger charge is -2.36. The number of anilines is 3. The number of benzene rings is 4. The molecule has 15 nitrogen and oxygen atoms in total. The van der Waals surface area contributed by atoms with Gasteiger partial charge in [-0.2, -0.15) is 5.10 Å². The van der Waals surface area contributed by atoms with Gasteiger partial charge in [-0.3, -0.25) is 49.0 Å². The van der Waals surface area contributed by atoms with E-state index in [0.29, 0.717) is 77.3 Å². The number of imide groups is 2. The number of ether oxygens (including phenoxy) is 1. The van der Waals surface area contributed by atoms with Crippen molar-refractivity contribution in [2.75, 3.05) is 61.5 Å². The van der Waals surface area contributed by atoms with Crippen molar-refractivity contribution < 1.29 is 42.3 Å². The SMILES string of the molecule is O=C(CCCCCCCCCc1ccc2c(c1)C(=O)N(C1CCC(=O)NC1=O)C2=O)CN1CCN(c2ccc(C(=O)Nc3n[nH]c4ccc(Cc5cc(F)cc(F)c5)cc34)c(NC3CCOCC3)c2)CC1. The van der Waals surface area contributed by atoms with E-state index in [9.17, 15) is 37.5 Å². The Morgan fingerprint density at radius 2 is 1.45 bits per heavy atom. The van der Waals surface area contributed by atoms with Gasteiger partial charge in [0.15, 0.2) is 5.82 Å². The van der Waals surface area contributed by atoms with Crippen molar-refractivity contribution in [1.82, 2.24) is 25.3 Å². The smallest absolute Gasteiger partial charge is 0.262 e. The number of hydrogen-bond acceptors (Lipinski definition) is 11. The first-order valence-electron chi connectivity index (χ1n) is 25.0. The van der Waals surface area contributed by atoms with Crippen LogP contribution in [0.5, 0.6) is 0 Å². The summed E-state index contributed by atoms with van der Waals surface area (Å²) in [5.74, 6) is -2.98. The number of amides is 5. The molecular formula is C54H60F2N8O7. The van der Waals surface area contributed by atoms with Crippen molar-refractivity contribution in [3.05, 3.63) is 118 Å². The summed E-state index contributed by atoms with van der Waals surface area (Å²) < 4.78 is 33.4. The normalized spacial score (nSPS) is 17.7. The standard InChI is InChI=1S/C54H60F2N8O7/c55-37-27-36(28-38(56)31-37)26-35-11-15-46-45(30-35)50(61-60-46)59-51(67)43-14-12-40(32-47(43)57-39-18-24-71-25-19-39)63-22-20-62(21-23-63)33-41(65)9-7-5-3-1-2-4-6-8-34-10-13-42-44(29-34)54(70)64(53(42)69)48-16-17-49(66)58-52(48)68/h10-15,27-32,39,48,57H,1-9,16-26,33H2,(H,58,66,68)(H2,59,60,61,67). The highest BCUT2D eigenvalue weighted by atomic mass is 19.1. The number of H-pyrrole nitrogens is 1. The number of aromatic amines is 1. The fourth-order valence-electron chi connectivity index (χ4n) is 10.2. The number of nitrogens with one attached hydrogen (secondary N) is 4. The Morgan fingerprint density at radius 3 is 2.21 bits per heavy atom. The number of piperazine rings is 1. The number of hydrogen-bond donors (Lipinski definition) is 4. The predicted molar refractivity (Wildman–Crippen MR) is 265 cm³/mol. The summed E-state index contributed by atoms with van der Waals surface area (Å²) in [5.41, 5.74) is 5.78. The third-order valence-corrected chi connectivity index (χ3v) is 14.1. The van der Waals surface area contributed by atoms with Crippen molar-refractivity contribution in [1.29, 1.82) is 0 Å². The Labute approximate surface area is 411 Å². The van der Waals surface area contributed by atoms with Gasteiger partial charge < -0.3 is 20.3 Å². The molecular weight excluding hydrogens is 911 g/mol. The van der Waals surface area contributed by atoms with Crippen LogP contribution in [0.1, 0.15) is 125 Å². The van der Waals surface area contributed by atoms with Gasteiger partial charge >= 0.3 is 0 Å². The summed E-state index contributed by atoms with van der Waals surface area (Å²) in [4.78, 5) is 82.6. The molecule has 4 aliphatic rings. The minimum absolute atomic E-state index is 0.0867. The fourth-order valence-corrected chi connectivity index (χ4v) is 10.2. The monoisotopic (exact) mass is 970 g/mol. The third kappa shape index (κ3) is 12.0. The van der Waals surface area contributed by atoms with E-state index < -0.39 is 41.3 Å². The molecule has 5 amide bonds. The lowest BCUT2D eigenvalue weighted by molar-refractivity contribution is -0.136. The largest absolute Gasteiger partial charge is 0.381 e. The molecule has 0 aliphatic carbocycles. The second-order valence-corrected chi connectivity index (χ2v) is 19.2. The van der Waals surface area contributed by atoms with E-state index >= 15 is 0 Å². The number of halogens is 2. The lowest BCUT2D eigenvalue weighted by Crippen LogP contribution is -2.54. The number of carbonyl (C=O) groups excluding carboxylic acids is 6. The Kier molecular flexibility index (Phi) is 15.6. The molecule has 372 valence electrons. The summed E-state index contributed by atoms with van der Waals surface area (Å²) in [7, 11) is 0. The Balaban J connectivity index is 0.697. The molecule has 3 saturated heterocycles. The zero-order valence-corrected chi connectivity index (χ0v) is 39.8. The van der Waals surface area contributed by atoms with Crippen LogP contribution in [0.2, 0.25) is 0 Å². The molecule has 4 aromatic carbocycles. The van der Waals surface area contributed by atoms with Crippen LogP contribution in [-0.2, 0) is 32.0 Å². The summed E-state index contributed by atoms with van der Waals surface area (Å²) in [6.07, 6.45) is 10.6. The van der Waals surface area contributed by atoms with Gasteiger partial charge in [-0.25, -0.2) is 8.78 Å². The number of aromatic nitrogens is 2. The molecule has 0 bridgehead atoms. The van der Waals surface area contributed by atoms with Crippen LogP contribution in [0.15, 0.2) is 72.8 Å². The van der Waals surface area contributed by atoms with Crippen molar-refractivity contribution in [3.63, 3.8) is 0 Å². The number of rotatable bonds is 20. The van der Waals surface area contributed by atoms with E-state index in [1.165, 1.54) is 12.1 Å². The maximum atomic E-state index is 14.0. The van der Waals surface area contributed by atoms with E-state index in [0.717, 1.165) is 118 Å². The molecule has 5 heterocycles. The molecule has 71 heavy (non-hydrogen) atoms. The number of carbonyl (C=O) groups is 6. The number of ketones is 1. The van der Waals surface area contributed by atoms with E-state index in [1.54, 1.807) is 12.1 Å². The van der Waals surface area contributed by atoms with Gasteiger partial charge in [0, 0.05) is 81.1 Å². The molecule has 0 radical (unpaired) electrons. The zero-order chi connectivity index (χ0) is 49.4. The minimum Gasteiger partial charge on any atom is -0.381 e. The summed E-state index contributed by atoms with van der Waals surface area (Å²) >= 11 is 0. The van der Waals surface area contributed by atoms with E-state index in [-0.39, 0.29) is 30.6 Å². The minimum atomic E-state index is -0.971. The van der Waals surface area contributed by atoms with Crippen molar-refractivity contribution in [3.8, 4) is 0 Å². The molecule has 1 unspecified atom stereocenters.